The summed E-state index contributed by atoms with van der Waals surface area (Å²) < 4.78 is 106. The van der Waals surface area contributed by atoms with Crippen LogP contribution in [0.1, 0.15) is 41.3 Å². The van der Waals surface area contributed by atoms with Gasteiger partial charge < -0.3 is 9.72 Å². The number of carbonyl (C=O) groups is 1. The molecule has 0 amide bonds. The van der Waals surface area contributed by atoms with Crippen molar-refractivity contribution in [1.82, 2.24) is 19.9 Å². The standard InChI is InChI=1S/C21H25F3N4O9S4/c22-21(23,24)37-15-5-7-25-19(28-15)18(39-9-11-41(34,35)36)13-3-1-2-12(16(13)29)17(38-8-10-40(31,32)33)14-4-6-26-20(30)27-14/h4-7,12-13,17-18H,1-3,8-11H2,(H,26,27,30)(H,31,32,33)(H,34,35,36). The van der Waals surface area contributed by atoms with Crippen LogP contribution in [0.5, 0.6) is 5.88 Å². The fraction of sp³-hybridized carbons (Fsp3) is 0.571. The zero-order valence-electron chi connectivity index (χ0n) is 20.9. The second-order valence-corrected chi connectivity index (χ2v) is 14.5. The number of nitrogens with zero attached hydrogens (tertiary/aromatic N) is 3. The Hall–Kier alpha value is -2.26. The Morgan fingerprint density at radius 2 is 1.51 bits per heavy atom. The molecule has 2 aromatic heterocycles. The lowest BCUT2D eigenvalue weighted by Gasteiger charge is -2.36. The normalized spacial score (nSPS) is 20.0. The number of thioether (sulfide) groups is 2. The number of hydrogen-bond acceptors (Lipinski definition) is 12. The maximum atomic E-state index is 13.9. The third kappa shape index (κ3) is 10.8. The number of ketones is 1. The Morgan fingerprint density at radius 1 is 0.951 bits per heavy atom. The van der Waals surface area contributed by atoms with E-state index in [9.17, 15) is 39.6 Å². The van der Waals surface area contributed by atoms with E-state index in [0.717, 1.165) is 35.8 Å². The van der Waals surface area contributed by atoms with E-state index < -0.39 is 77.8 Å². The lowest BCUT2D eigenvalue weighted by atomic mass is 9.76. The molecule has 3 rings (SSSR count). The molecule has 3 N–H and O–H groups in total. The fourth-order valence-corrected chi connectivity index (χ4v) is 8.84. The van der Waals surface area contributed by atoms with Crippen molar-refractivity contribution in [3.05, 3.63) is 46.5 Å². The molecule has 20 heteroatoms. The van der Waals surface area contributed by atoms with E-state index in [1.54, 1.807) is 0 Å². The highest BCUT2D eigenvalue weighted by Gasteiger charge is 2.43. The number of hydrogen-bond donors (Lipinski definition) is 3. The molecule has 13 nitrogen and oxygen atoms in total. The van der Waals surface area contributed by atoms with Gasteiger partial charge in [0, 0.05) is 47.5 Å². The van der Waals surface area contributed by atoms with Gasteiger partial charge in [0.15, 0.2) is 0 Å². The Labute approximate surface area is 241 Å². The van der Waals surface area contributed by atoms with Crippen LogP contribution in [0.4, 0.5) is 13.2 Å². The minimum Gasteiger partial charge on any atom is -0.388 e. The molecule has 0 radical (unpaired) electrons. The van der Waals surface area contributed by atoms with Crippen LogP contribution in [0, 0.1) is 11.8 Å². The maximum Gasteiger partial charge on any atom is 0.574 e. The Balaban J connectivity index is 1.96. The van der Waals surface area contributed by atoms with Gasteiger partial charge >= 0.3 is 12.1 Å². The van der Waals surface area contributed by atoms with E-state index >= 15 is 0 Å². The average molecular weight is 663 g/mol. The number of ether oxygens (including phenoxy) is 1. The number of H-pyrrole nitrogens is 1. The molecule has 0 bridgehead atoms. The van der Waals surface area contributed by atoms with Gasteiger partial charge in [0.1, 0.15) is 11.6 Å². The highest BCUT2D eigenvalue weighted by molar-refractivity contribution is 8.00. The molecule has 4 atom stereocenters. The predicted molar refractivity (Wildman–Crippen MR) is 143 cm³/mol. The third-order valence-corrected chi connectivity index (χ3v) is 10.6. The summed E-state index contributed by atoms with van der Waals surface area (Å²) in [5.74, 6) is -4.91. The summed E-state index contributed by atoms with van der Waals surface area (Å²) in [6.07, 6.45) is -1.87. The van der Waals surface area contributed by atoms with Gasteiger partial charge in [-0.2, -0.15) is 33.6 Å². The zero-order valence-corrected chi connectivity index (χ0v) is 24.2. The Kier molecular flexibility index (Phi) is 11.2. The van der Waals surface area contributed by atoms with E-state index in [1.807, 2.05) is 0 Å². The highest BCUT2D eigenvalue weighted by atomic mass is 32.2. The Morgan fingerprint density at radius 3 is 2.07 bits per heavy atom. The minimum absolute atomic E-state index is 0.130. The molecule has 228 valence electrons. The van der Waals surface area contributed by atoms with Gasteiger partial charge in [-0.3, -0.25) is 13.9 Å². The number of Topliss-reactive ketones (excluding diaryl/α,β-unsaturated/α-hetero) is 1. The smallest absolute Gasteiger partial charge is 0.388 e. The van der Waals surface area contributed by atoms with Crippen LogP contribution < -0.4 is 10.4 Å². The molecule has 2 aromatic rings. The highest BCUT2D eigenvalue weighted by Crippen LogP contribution is 2.48. The number of aromatic amines is 1. The van der Waals surface area contributed by atoms with E-state index in [-0.39, 0.29) is 29.4 Å². The second kappa shape index (κ2) is 13.8. The van der Waals surface area contributed by atoms with E-state index in [4.69, 9.17) is 9.11 Å². The van der Waals surface area contributed by atoms with Crippen molar-refractivity contribution < 1.29 is 48.6 Å². The number of rotatable bonds is 13. The molecule has 0 aromatic carbocycles. The van der Waals surface area contributed by atoms with Crippen molar-refractivity contribution in [3.8, 4) is 5.88 Å². The SMILES string of the molecule is O=C1C(C(SCCS(=O)(=O)O)c2nccc(OC(F)(F)F)n2)CCCC1C(SCCS(=O)(=O)O)c1ccnc(=O)[nH]1. The maximum absolute atomic E-state index is 13.9. The molecular weight excluding hydrogens is 638 g/mol. The predicted octanol–water partition coefficient (Wildman–Crippen LogP) is 2.47. The van der Waals surface area contributed by atoms with Gasteiger partial charge in [-0.1, -0.05) is 6.42 Å². The van der Waals surface area contributed by atoms with Crippen molar-refractivity contribution in [3.63, 3.8) is 0 Å². The minimum atomic E-state index is -5.06. The largest absolute Gasteiger partial charge is 0.574 e. The topological polar surface area (TPSA) is 207 Å². The summed E-state index contributed by atoms with van der Waals surface area (Å²) in [6, 6.07) is 2.31. The molecule has 1 fully saturated rings. The van der Waals surface area contributed by atoms with Gasteiger partial charge in [-0.25, -0.2) is 14.8 Å². The van der Waals surface area contributed by atoms with Gasteiger partial charge in [0.2, 0.25) is 5.88 Å². The first kappa shape index (κ1) is 33.2. The van der Waals surface area contributed by atoms with E-state index in [1.165, 1.54) is 12.3 Å². The van der Waals surface area contributed by atoms with Crippen molar-refractivity contribution >= 4 is 49.5 Å². The van der Waals surface area contributed by atoms with Crippen LogP contribution in [-0.4, -0.2) is 81.0 Å². The van der Waals surface area contributed by atoms with Crippen molar-refractivity contribution in [2.24, 2.45) is 11.8 Å². The van der Waals surface area contributed by atoms with Crippen LogP contribution in [0.15, 0.2) is 29.3 Å². The lowest BCUT2D eigenvalue weighted by molar-refractivity contribution is -0.276. The number of carbonyl (C=O) groups excluding carboxylic acids is 1. The molecule has 0 spiro atoms. The molecule has 1 aliphatic rings. The summed E-state index contributed by atoms with van der Waals surface area (Å²) in [5, 5.41) is -1.82. The molecular formula is C21H25F3N4O9S4. The van der Waals surface area contributed by atoms with Crippen LogP contribution in [0.3, 0.4) is 0 Å². The van der Waals surface area contributed by atoms with Gasteiger partial charge in [0.05, 0.1) is 22.0 Å². The summed E-state index contributed by atoms with van der Waals surface area (Å²) in [4.78, 5) is 39.7. The van der Waals surface area contributed by atoms with E-state index in [2.05, 4.69) is 24.7 Å². The Bertz CT molecular complexity index is 1490. The zero-order chi connectivity index (χ0) is 30.4. The van der Waals surface area contributed by atoms with Gasteiger partial charge in [-0.05, 0) is 18.9 Å². The number of aromatic nitrogens is 4. The summed E-state index contributed by atoms with van der Waals surface area (Å²) >= 11 is 1.87. The first-order valence-corrected chi connectivity index (χ1v) is 17.1. The van der Waals surface area contributed by atoms with Gasteiger partial charge in [-0.15, -0.1) is 24.9 Å². The lowest BCUT2D eigenvalue weighted by Crippen LogP contribution is -2.36. The third-order valence-electron chi connectivity index (χ3n) is 5.90. The number of nitrogens with one attached hydrogen (secondary N) is 1. The first-order valence-electron chi connectivity index (χ1n) is 11.8. The number of halogens is 3. The molecule has 4 unspecified atom stereocenters. The first-order chi connectivity index (χ1) is 19.0. The van der Waals surface area contributed by atoms with Crippen LogP contribution in [-0.2, 0) is 25.0 Å². The summed E-state index contributed by atoms with van der Waals surface area (Å²) in [6.45, 7) is 0. The van der Waals surface area contributed by atoms with E-state index in [0.29, 0.717) is 12.8 Å². The van der Waals surface area contributed by atoms with Crippen LogP contribution >= 0.6 is 23.5 Å². The quantitative estimate of drug-likeness (QED) is 0.264. The fourth-order valence-electron chi connectivity index (χ4n) is 4.29. The van der Waals surface area contributed by atoms with Crippen LogP contribution in [0.2, 0.25) is 0 Å². The van der Waals surface area contributed by atoms with Gasteiger partial charge in [0.25, 0.3) is 20.2 Å². The molecule has 0 saturated heterocycles. The number of alkyl halides is 3. The summed E-state index contributed by atoms with van der Waals surface area (Å²) in [5.41, 5.74) is -0.437. The molecule has 1 aliphatic carbocycles. The molecule has 1 saturated carbocycles. The monoisotopic (exact) mass is 662 g/mol. The molecule has 41 heavy (non-hydrogen) atoms. The second-order valence-electron chi connectivity index (χ2n) is 8.83. The molecule has 2 heterocycles. The van der Waals surface area contributed by atoms with Crippen molar-refractivity contribution in [2.45, 2.75) is 36.1 Å². The van der Waals surface area contributed by atoms with Crippen LogP contribution in [0.25, 0.3) is 0 Å². The van der Waals surface area contributed by atoms with Crippen molar-refractivity contribution in [1.29, 1.82) is 0 Å². The molecule has 0 aliphatic heterocycles. The van der Waals surface area contributed by atoms with Crippen molar-refractivity contribution in [2.75, 3.05) is 23.0 Å². The average Bonchev–Trinajstić information content (AvgIpc) is 2.83. The summed E-state index contributed by atoms with van der Waals surface area (Å²) in [7, 11) is -8.72.